The first-order valence-electron chi connectivity index (χ1n) is 6.50. The molecule has 0 saturated heterocycles. The van der Waals surface area contributed by atoms with Crippen LogP contribution >= 0.6 is 11.8 Å². The maximum atomic E-state index is 13.7. The van der Waals surface area contributed by atoms with E-state index in [-0.39, 0.29) is 11.6 Å². The maximum Gasteiger partial charge on any atom is 0.210 e. The number of furan rings is 1. The van der Waals surface area contributed by atoms with Gasteiger partial charge in [-0.2, -0.15) is 0 Å². The number of ether oxygens (including phenoxy) is 1. The summed E-state index contributed by atoms with van der Waals surface area (Å²) in [6.07, 6.45) is 1.60. The highest BCUT2D eigenvalue weighted by molar-refractivity contribution is 7.98. The summed E-state index contributed by atoms with van der Waals surface area (Å²) in [5.41, 5.74) is 0.829. The Hall–Kier alpha value is -2.35. The zero-order valence-electron chi connectivity index (χ0n) is 11.8. The number of thioether (sulfide) groups is 1. The van der Waals surface area contributed by atoms with E-state index in [0.717, 1.165) is 11.3 Å². The van der Waals surface area contributed by atoms with E-state index < -0.39 is 0 Å². The number of hydrogen-bond donors (Lipinski definition) is 0. The van der Waals surface area contributed by atoms with Gasteiger partial charge in [0.25, 0.3) is 0 Å². The van der Waals surface area contributed by atoms with Crippen LogP contribution in [0.4, 0.5) is 4.39 Å². The van der Waals surface area contributed by atoms with Gasteiger partial charge in [-0.3, -0.25) is 0 Å². The van der Waals surface area contributed by atoms with Crippen molar-refractivity contribution >= 4 is 11.8 Å². The number of benzene rings is 1. The molecule has 114 valence electrons. The van der Waals surface area contributed by atoms with Gasteiger partial charge in [-0.25, -0.2) is 9.07 Å². The van der Waals surface area contributed by atoms with Gasteiger partial charge in [0.1, 0.15) is 12.3 Å². The third-order valence-electron chi connectivity index (χ3n) is 2.97. The van der Waals surface area contributed by atoms with Crippen molar-refractivity contribution in [2.75, 3.05) is 7.11 Å². The van der Waals surface area contributed by atoms with E-state index in [9.17, 15) is 4.39 Å². The molecule has 3 aromatic rings. The fourth-order valence-electron chi connectivity index (χ4n) is 1.90. The first kappa shape index (κ1) is 14.6. The molecule has 0 bridgehead atoms. The van der Waals surface area contributed by atoms with Gasteiger partial charge >= 0.3 is 0 Å². The van der Waals surface area contributed by atoms with Crippen molar-refractivity contribution < 1.29 is 13.5 Å². The minimum absolute atomic E-state index is 0.233. The van der Waals surface area contributed by atoms with Crippen LogP contribution in [0, 0.1) is 5.82 Å². The Labute approximate surface area is 130 Å². The van der Waals surface area contributed by atoms with Crippen LogP contribution in [0.2, 0.25) is 0 Å². The first-order valence-corrected chi connectivity index (χ1v) is 7.48. The molecule has 2 aromatic heterocycles. The molecule has 0 radical (unpaired) electrons. The van der Waals surface area contributed by atoms with E-state index in [1.54, 1.807) is 17.0 Å². The zero-order chi connectivity index (χ0) is 15.4. The van der Waals surface area contributed by atoms with Crippen molar-refractivity contribution in [3.63, 3.8) is 0 Å². The molecule has 2 heterocycles. The summed E-state index contributed by atoms with van der Waals surface area (Å²) < 4.78 is 25.5. The highest BCUT2D eigenvalue weighted by atomic mass is 32.2. The largest absolute Gasteiger partial charge is 0.494 e. The average Bonchev–Trinajstić information content (AvgIpc) is 3.18. The summed E-state index contributed by atoms with van der Waals surface area (Å²) in [6, 6.07) is 8.54. The second-order valence-electron chi connectivity index (χ2n) is 4.46. The summed E-state index contributed by atoms with van der Waals surface area (Å²) in [7, 11) is 1.44. The number of aromatic nitrogens is 4. The molecule has 0 aliphatic rings. The Balaban J connectivity index is 1.67. The van der Waals surface area contributed by atoms with Gasteiger partial charge in [0.2, 0.25) is 5.16 Å². The lowest BCUT2D eigenvalue weighted by Crippen LogP contribution is -2.03. The quantitative estimate of drug-likeness (QED) is 0.651. The number of nitrogens with zero attached hydrogens (tertiary/aromatic N) is 4. The molecule has 3 rings (SSSR count). The molecular weight excluding hydrogens is 307 g/mol. The Morgan fingerprint density at radius 3 is 3.00 bits per heavy atom. The van der Waals surface area contributed by atoms with E-state index in [1.165, 1.54) is 24.9 Å². The predicted octanol–water partition coefficient (Wildman–Crippen LogP) is 2.75. The molecule has 8 heteroatoms. The second kappa shape index (κ2) is 6.61. The van der Waals surface area contributed by atoms with Crippen LogP contribution < -0.4 is 4.74 Å². The number of methoxy groups -OCH3 is 1. The molecular formula is C14H13FN4O2S. The monoisotopic (exact) mass is 320 g/mol. The molecule has 0 saturated carbocycles. The second-order valence-corrected chi connectivity index (χ2v) is 5.40. The normalized spacial score (nSPS) is 10.8. The van der Waals surface area contributed by atoms with Crippen LogP contribution in [0.1, 0.15) is 11.3 Å². The summed E-state index contributed by atoms with van der Waals surface area (Å²) >= 11 is 1.43. The Morgan fingerprint density at radius 1 is 1.36 bits per heavy atom. The minimum Gasteiger partial charge on any atom is -0.494 e. The van der Waals surface area contributed by atoms with E-state index in [1.807, 2.05) is 18.2 Å². The predicted molar refractivity (Wildman–Crippen MR) is 78.1 cm³/mol. The van der Waals surface area contributed by atoms with Crippen molar-refractivity contribution in [3.8, 4) is 5.75 Å². The van der Waals surface area contributed by atoms with Crippen LogP contribution in [0.3, 0.4) is 0 Å². The van der Waals surface area contributed by atoms with Crippen molar-refractivity contribution in [1.29, 1.82) is 0 Å². The number of hydrogen-bond acceptors (Lipinski definition) is 6. The third kappa shape index (κ3) is 3.28. The van der Waals surface area contributed by atoms with Gasteiger partial charge in [0.05, 0.1) is 13.4 Å². The number of halogens is 1. The molecule has 0 amide bonds. The van der Waals surface area contributed by atoms with E-state index in [4.69, 9.17) is 9.15 Å². The molecule has 0 fully saturated rings. The van der Waals surface area contributed by atoms with Gasteiger partial charge in [0, 0.05) is 5.75 Å². The lowest BCUT2D eigenvalue weighted by Gasteiger charge is -2.05. The van der Waals surface area contributed by atoms with E-state index in [2.05, 4.69) is 15.5 Å². The maximum absolute atomic E-state index is 13.7. The smallest absolute Gasteiger partial charge is 0.210 e. The molecule has 22 heavy (non-hydrogen) atoms. The van der Waals surface area contributed by atoms with Gasteiger partial charge in [0.15, 0.2) is 11.6 Å². The van der Waals surface area contributed by atoms with Crippen molar-refractivity contribution in [2.45, 2.75) is 17.5 Å². The minimum atomic E-state index is -0.379. The van der Waals surface area contributed by atoms with Crippen LogP contribution in [0.5, 0.6) is 5.75 Å². The molecule has 0 unspecified atom stereocenters. The molecule has 0 aliphatic heterocycles. The Morgan fingerprint density at radius 2 is 2.27 bits per heavy atom. The molecule has 0 aliphatic carbocycles. The zero-order valence-corrected chi connectivity index (χ0v) is 12.6. The van der Waals surface area contributed by atoms with Crippen molar-refractivity contribution in [1.82, 2.24) is 20.2 Å². The summed E-state index contributed by atoms with van der Waals surface area (Å²) in [4.78, 5) is 0. The topological polar surface area (TPSA) is 66.0 Å². The fraction of sp³-hybridized carbons (Fsp3) is 0.214. The highest BCUT2D eigenvalue weighted by Crippen LogP contribution is 2.24. The lowest BCUT2D eigenvalue weighted by atomic mass is 10.2. The van der Waals surface area contributed by atoms with Gasteiger partial charge in [-0.05, 0) is 40.3 Å². The highest BCUT2D eigenvalue weighted by Gasteiger charge is 2.10. The molecule has 0 N–H and O–H groups in total. The number of tetrazole rings is 1. The fourth-order valence-corrected chi connectivity index (χ4v) is 2.72. The standard InChI is InChI=1S/C14H13FN4O2S/c1-20-13-5-4-10(7-12(13)15)9-22-14-16-17-18-19(14)8-11-3-2-6-21-11/h2-7H,8-9H2,1H3. The molecule has 0 atom stereocenters. The molecule has 0 spiro atoms. The van der Waals surface area contributed by atoms with Crippen molar-refractivity contribution in [3.05, 3.63) is 53.7 Å². The lowest BCUT2D eigenvalue weighted by molar-refractivity contribution is 0.386. The van der Waals surface area contributed by atoms with Gasteiger partial charge in [-0.15, -0.1) is 5.10 Å². The van der Waals surface area contributed by atoms with Crippen LogP contribution in [-0.2, 0) is 12.3 Å². The van der Waals surface area contributed by atoms with Gasteiger partial charge in [-0.1, -0.05) is 17.8 Å². The first-order chi connectivity index (χ1) is 10.8. The Kier molecular flexibility index (Phi) is 4.38. The third-order valence-corrected chi connectivity index (χ3v) is 4.00. The molecule has 6 nitrogen and oxygen atoms in total. The summed E-state index contributed by atoms with van der Waals surface area (Å²) in [5.74, 6) is 1.18. The number of rotatable bonds is 6. The van der Waals surface area contributed by atoms with Crippen molar-refractivity contribution in [2.24, 2.45) is 0 Å². The summed E-state index contributed by atoms with van der Waals surface area (Å²) in [5, 5.41) is 12.2. The van der Waals surface area contributed by atoms with Crippen LogP contribution in [0.25, 0.3) is 0 Å². The van der Waals surface area contributed by atoms with Crippen LogP contribution in [-0.4, -0.2) is 27.3 Å². The molecule has 1 aromatic carbocycles. The van der Waals surface area contributed by atoms with E-state index in [0.29, 0.717) is 17.5 Å². The Bertz CT molecular complexity index is 745. The summed E-state index contributed by atoms with van der Waals surface area (Å²) in [6.45, 7) is 0.458. The van der Waals surface area contributed by atoms with Crippen LogP contribution in [0.15, 0.2) is 46.2 Å². The van der Waals surface area contributed by atoms with Gasteiger partial charge < -0.3 is 9.15 Å². The van der Waals surface area contributed by atoms with E-state index >= 15 is 0 Å². The SMILES string of the molecule is COc1ccc(CSc2nnnn2Cc2ccco2)cc1F. The average molecular weight is 320 g/mol.